The molecule has 3 fully saturated rings. The molecule has 3 aliphatic heterocycles. The van der Waals surface area contributed by atoms with Crippen LogP contribution in [0.15, 0.2) is 53.7 Å². The van der Waals surface area contributed by atoms with E-state index in [1.807, 2.05) is 13.1 Å². The number of hydrogen-bond acceptors (Lipinski definition) is 10. The molecule has 7 rings (SSSR count). The van der Waals surface area contributed by atoms with E-state index in [1.54, 1.807) is 16.8 Å². The van der Waals surface area contributed by atoms with Crippen LogP contribution in [0.4, 0.5) is 29.7 Å². The molecule has 56 heavy (non-hydrogen) atoms. The van der Waals surface area contributed by atoms with Gasteiger partial charge in [0, 0.05) is 63.5 Å². The Bertz CT molecular complexity index is 2260. The first kappa shape index (κ1) is 39.1. The Balaban J connectivity index is 0.928. The molecule has 1 unspecified atom stereocenters. The third kappa shape index (κ3) is 8.34. The number of nitriles is 1. The molecule has 0 bridgehead atoms. The monoisotopic (exact) mass is 792 g/mol. The number of piperidine rings is 2. The van der Waals surface area contributed by atoms with Crippen molar-refractivity contribution in [2.75, 3.05) is 49.5 Å². The molecule has 18 heteroatoms. The van der Waals surface area contributed by atoms with E-state index in [4.69, 9.17) is 0 Å². The average Bonchev–Trinajstić information content (AvgIpc) is 3.50. The summed E-state index contributed by atoms with van der Waals surface area (Å²) in [7, 11) is -2.01. The number of nitrogens with zero attached hydrogens (tertiary/aromatic N) is 8. The molecule has 0 aliphatic carbocycles. The quantitative estimate of drug-likeness (QED) is 0.222. The highest BCUT2D eigenvalue weighted by molar-refractivity contribution is 7.89. The Labute approximate surface area is 322 Å². The van der Waals surface area contributed by atoms with Crippen LogP contribution in [0, 0.1) is 17.2 Å². The number of amides is 3. The van der Waals surface area contributed by atoms with Crippen molar-refractivity contribution in [3.05, 3.63) is 71.0 Å². The number of carbonyl (C=O) groups is 2. The minimum absolute atomic E-state index is 0.0549. The zero-order valence-corrected chi connectivity index (χ0v) is 31.9. The number of carbonyl (C=O) groups excluding carboxylic acids is 2. The summed E-state index contributed by atoms with van der Waals surface area (Å²) in [5.41, 5.74) is 2.32. The third-order valence-electron chi connectivity index (χ3n) is 11.0. The van der Waals surface area contributed by atoms with Crippen LogP contribution in [-0.4, -0.2) is 94.6 Å². The minimum atomic E-state index is -4.53. The SMILES string of the molecule is CC(Cc1cc(S(=O)(=O)N2CCC(Nc3ncc(C(F)(F)F)cn3)CC2)ccc1C#N)CN1CCC(c2ccc3c(N4CCC(=O)NC4=O)nn(C)c3c2)CC1. The predicted molar refractivity (Wildman–Crippen MR) is 201 cm³/mol. The molecule has 3 amide bonds. The van der Waals surface area contributed by atoms with Crippen LogP contribution in [0.1, 0.15) is 67.2 Å². The molecule has 0 spiro atoms. The van der Waals surface area contributed by atoms with Gasteiger partial charge in [-0.3, -0.25) is 19.7 Å². The second-order valence-corrected chi connectivity index (χ2v) is 16.8. The molecule has 1 atom stereocenters. The number of sulfonamides is 1. The first-order chi connectivity index (χ1) is 26.7. The molecule has 2 N–H and O–H groups in total. The van der Waals surface area contributed by atoms with Gasteiger partial charge in [-0.25, -0.2) is 23.2 Å². The first-order valence-electron chi connectivity index (χ1n) is 18.7. The summed E-state index contributed by atoms with van der Waals surface area (Å²) in [4.78, 5) is 35.7. The number of nitrogens with one attached hydrogen (secondary N) is 2. The predicted octanol–water partition coefficient (Wildman–Crippen LogP) is 5.02. The van der Waals surface area contributed by atoms with E-state index in [0.717, 1.165) is 55.8 Å². The zero-order valence-electron chi connectivity index (χ0n) is 31.1. The number of fused-ring (bicyclic) bond motifs is 1. The molecule has 2 aromatic heterocycles. The molecule has 3 saturated heterocycles. The number of hydrogen-bond donors (Lipinski definition) is 2. The Hall–Kier alpha value is -5.12. The van der Waals surface area contributed by atoms with Gasteiger partial charge >= 0.3 is 12.2 Å². The van der Waals surface area contributed by atoms with Crippen LogP contribution in [0.5, 0.6) is 0 Å². The topological polar surface area (TPSA) is 169 Å². The van der Waals surface area contributed by atoms with E-state index in [-0.39, 0.29) is 54.8 Å². The van der Waals surface area contributed by atoms with Crippen molar-refractivity contribution in [1.29, 1.82) is 5.26 Å². The zero-order chi connectivity index (χ0) is 39.8. The fourth-order valence-electron chi connectivity index (χ4n) is 7.93. The molecule has 296 valence electrons. The van der Waals surface area contributed by atoms with Gasteiger partial charge in [-0.05, 0) is 98.5 Å². The first-order valence-corrected chi connectivity index (χ1v) is 20.1. The molecular weight excluding hydrogens is 750 g/mol. The second-order valence-electron chi connectivity index (χ2n) is 14.9. The van der Waals surface area contributed by atoms with Gasteiger partial charge in [-0.2, -0.15) is 27.8 Å². The van der Waals surface area contributed by atoms with Crippen molar-refractivity contribution in [3.63, 3.8) is 0 Å². The number of aromatic nitrogens is 4. The molecule has 5 heterocycles. The van der Waals surface area contributed by atoms with Crippen molar-refractivity contribution >= 4 is 44.6 Å². The van der Waals surface area contributed by atoms with Crippen molar-refractivity contribution in [2.45, 2.75) is 68.5 Å². The Morgan fingerprint density at radius 1 is 1.00 bits per heavy atom. The van der Waals surface area contributed by atoms with Crippen molar-refractivity contribution < 1.29 is 31.2 Å². The van der Waals surface area contributed by atoms with Gasteiger partial charge in [-0.1, -0.05) is 13.0 Å². The fraction of sp³-hybridized carbons (Fsp3) is 0.474. The average molecular weight is 793 g/mol. The third-order valence-corrected chi connectivity index (χ3v) is 12.9. The summed E-state index contributed by atoms with van der Waals surface area (Å²) in [6, 6.07) is 12.5. The number of anilines is 2. The van der Waals surface area contributed by atoms with Crippen LogP contribution in [-0.2, 0) is 34.5 Å². The number of urea groups is 1. The second kappa shape index (κ2) is 15.8. The lowest BCUT2D eigenvalue weighted by Gasteiger charge is -2.34. The highest BCUT2D eigenvalue weighted by Crippen LogP contribution is 2.34. The van der Waals surface area contributed by atoms with Crippen LogP contribution >= 0.6 is 0 Å². The van der Waals surface area contributed by atoms with Gasteiger partial charge < -0.3 is 10.2 Å². The van der Waals surface area contributed by atoms with Crippen LogP contribution in [0.3, 0.4) is 0 Å². The summed E-state index contributed by atoms with van der Waals surface area (Å²) in [6.45, 7) is 5.38. The maximum Gasteiger partial charge on any atom is 0.419 e. The van der Waals surface area contributed by atoms with Crippen molar-refractivity contribution in [2.24, 2.45) is 13.0 Å². The molecule has 0 radical (unpaired) electrons. The highest BCUT2D eigenvalue weighted by atomic mass is 32.2. The van der Waals surface area contributed by atoms with Gasteiger partial charge in [0.05, 0.1) is 27.6 Å². The maximum atomic E-state index is 13.7. The molecule has 4 aromatic rings. The van der Waals surface area contributed by atoms with Gasteiger partial charge in [-0.15, -0.1) is 0 Å². The lowest BCUT2D eigenvalue weighted by Crippen LogP contribution is -2.49. The Morgan fingerprint density at radius 3 is 2.38 bits per heavy atom. The molecule has 0 saturated carbocycles. The van der Waals surface area contributed by atoms with Crippen LogP contribution < -0.4 is 15.5 Å². The number of imide groups is 1. The van der Waals surface area contributed by atoms with Crippen molar-refractivity contribution in [3.8, 4) is 6.07 Å². The largest absolute Gasteiger partial charge is 0.419 e. The molecule has 3 aliphatic rings. The summed E-state index contributed by atoms with van der Waals surface area (Å²) in [6.07, 6.45) is 0.418. The summed E-state index contributed by atoms with van der Waals surface area (Å²) in [5, 5.41) is 20.7. The van der Waals surface area contributed by atoms with E-state index in [1.165, 1.54) is 20.8 Å². The van der Waals surface area contributed by atoms with E-state index in [0.29, 0.717) is 42.1 Å². The van der Waals surface area contributed by atoms with Gasteiger partial charge in [0.15, 0.2) is 5.82 Å². The lowest BCUT2D eigenvalue weighted by molar-refractivity contribution is -0.138. The van der Waals surface area contributed by atoms with Gasteiger partial charge in [0.2, 0.25) is 21.9 Å². The van der Waals surface area contributed by atoms with E-state index in [2.05, 4.69) is 55.7 Å². The Kier molecular flexibility index (Phi) is 11.0. The molecule has 14 nitrogen and oxygen atoms in total. The van der Waals surface area contributed by atoms with Crippen molar-refractivity contribution in [1.82, 2.24) is 34.3 Å². The minimum Gasteiger partial charge on any atom is -0.351 e. The number of alkyl halides is 3. The number of likely N-dealkylation sites (tertiary alicyclic amines) is 1. The summed E-state index contributed by atoms with van der Waals surface area (Å²) >= 11 is 0. The Morgan fingerprint density at radius 2 is 1.71 bits per heavy atom. The molecular formula is C38H43F3N10O4S. The summed E-state index contributed by atoms with van der Waals surface area (Å²) in [5.74, 6) is 0.807. The van der Waals surface area contributed by atoms with Crippen LogP contribution in [0.25, 0.3) is 10.9 Å². The summed E-state index contributed by atoms with van der Waals surface area (Å²) < 4.78 is 69.2. The standard InChI is InChI=1S/C38H43F3N10O4S/c1-24(23-49-12-7-25(8-13-49)26-4-6-32-33(19-26)48(2)47-35(32)51-16-11-34(52)46-37(51)53)17-28-18-31(5-3-27(28)20-42)56(54,55)50-14-9-30(10-15-50)45-36-43-21-29(22-44-36)38(39,40)41/h3-6,18-19,21-22,24-25,30H,7-17,23H2,1-2H3,(H,43,44,45)(H,46,52,53). The molecule has 2 aromatic carbocycles. The fourth-order valence-corrected chi connectivity index (χ4v) is 9.45. The van der Waals surface area contributed by atoms with E-state index < -0.39 is 27.8 Å². The normalized spacial score (nSPS) is 18.9. The van der Waals surface area contributed by atoms with Crippen LogP contribution in [0.2, 0.25) is 0 Å². The highest BCUT2D eigenvalue weighted by Gasteiger charge is 2.33. The smallest absolute Gasteiger partial charge is 0.351 e. The number of benzene rings is 2. The number of halogens is 3. The van der Waals surface area contributed by atoms with Gasteiger partial charge in [0.25, 0.3) is 0 Å². The number of rotatable bonds is 10. The lowest BCUT2D eigenvalue weighted by atomic mass is 9.88. The number of aryl methyl sites for hydroxylation is 1. The van der Waals surface area contributed by atoms with E-state index >= 15 is 0 Å². The maximum absolute atomic E-state index is 13.7. The van der Waals surface area contributed by atoms with Gasteiger partial charge in [0.1, 0.15) is 0 Å². The van der Waals surface area contributed by atoms with E-state index in [9.17, 15) is 36.4 Å².